The third-order valence-corrected chi connectivity index (χ3v) is 3.81. The van der Waals surface area contributed by atoms with E-state index in [-0.39, 0.29) is 17.8 Å². The van der Waals surface area contributed by atoms with Gasteiger partial charge in [0, 0.05) is 0 Å². The Kier molecular flexibility index (Phi) is 5.99. The molecule has 0 bridgehead atoms. The van der Waals surface area contributed by atoms with Gasteiger partial charge in [-0.3, -0.25) is 4.79 Å². The minimum absolute atomic E-state index is 0.232. The first-order valence-electron chi connectivity index (χ1n) is 7.48. The van der Waals surface area contributed by atoms with Gasteiger partial charge in [-0.25, -0.2) is 4.39 Å². The Morgan fingerprint density at radius 1 is 1.22 bits per heavy atom. The molecule has 0 saturated carbocycles. The van der Waals surface area contributed by atoms with Crippen molar-refractivity contribution in [2.75, 3.05) is 0 Å². The summed E-state index contributed by atoms with van der Waals surface area (Å²) in [6.07, 6.45) is -0.134. The minimum Gasteiger partial charge on any atom is -0.479 e. The van der Waals surface area contributed by atoms with Crippen LogP contribution in [0.15, 0.2) is 48.5 Å². The molecule has 0 heterocycles. The van der Waals surface area contributed by atoms with Crippen molar-refractivity contribution >= 4 is 17.5 Å². The molecule has 1 N–H and O–H groups in total. The van der Waals surface area contributed by atoms with Gasteiger partial charge in [-0.1, -0.05) is 42.8 Å². The van der Waals surface area contributed by atoms with Gasteiger partial charge in [0.2, 0.25) is 0 Å². The zero-order valence-electron chi connectivity index (χ0n) is 13.1. The number of hydrogen-bond acceptors (Lipinski definition) is 2. The van der Waals surface area contributed by atoms with E-state index in [0.29, 0.717) is 17.2 Å². The first-order valence-corrected chi connectivity index (χ1v) is 7.86. The molecular weight excluding hydrogens is 317 g/mol. The van der Waals surface area contributed by atoms with Crippen molar-refractivity contribution in [2.45, 2.75) is 32.4 Å². The first-order chi connectivity index (χ1) is 11.0. The Morgan fingerprint density at radius 3 is 2.48 bits per heavy atom. The van der Waals surface area contributed by atoms with Crippen LogP contribution >= 0.6 is 11.6 Å². The number of benzene rings is 2. The van der Waals surface area contributed by atoms with Gasteiger partial charge in [0.05, 0.1) is 11.1 Å². The van der Waals surface area contributed by atoms with Crippen molar-refractivity contribution in [3.8, 4) is 5.75 Å². The molecule has 0 aliphatic rings. The van der Waals surface area contributed by atoms with Crippen LogP contribution < -0.4 is 10.1 Å². The third kappa shape index (κ3) is 4.70. The number of hydrogen-bond donors (Lipinski definition) is 1. The van der Waals surface area contributed by atoms with Crippen LogP contribution in [-0.2, 0) is 4.79 Å². The van der Waals surface area contributed by atoms with Crippen LogP contribution in [0.5, 0.6) is 5.75 Å². The zero-order chi connectivity index (χ0) is 16.8. The summed E-state index contributed by atoms with van der Waals surface area (Å²) >= 11 is 6.05. The summed E-state index contributed by atoms with van der Waals surface area (Å²) in [4.78, 5) is 12.4. The standard InChI is InChI=1S/C18H19ClFNO2/c1-3-16(23-17-7-5-4-6-15(17)19)18(22)21-12(2)13-8-10-14(20)11-9-13/h4-12,16H,3H2,1-2H3,(H,21,22)/t12-,16+/m0/s1. The second-order valence-electron chi connectivity index (χ2n) is 5.23. The van der Waals surface area contributed by atoms with Crippen molar-refractivity contribution in [3.63, 3.8) is 0 Å². The van der Waals surface area contributed by atoms with Gasteiger partial charge >= 0.3 is 0 Å². The van der Waals surface area contributed by atoms with E-state index in [9.17, 15) is 9.18 Å². The maximum Gasteiger partial charge on any atom is 0.261 e. The molecule has 122 valence electrons. The lowest BCUT2D eigenvalue weighted by molar-refractivity contribution is -0.128. The monoisotopic (exact) mass is 335 g/mol. The zero-order valence-corrected chi connectivity index (χ0v) is 13.8. The molecule has 0 aliphatic carbocycles. The Balaban J connectivity index is 2.02. The van der Waals surface area contributed by atoms with Gasteiger partial charge in [0.15, 0.2) is 6.10 Å². The Morgan fingerprint density at radius 2 is 1.87 bits per heavy atom. The quantitative estimate of drug-likeness (QED) is 0.843. The molecule has 0 radical (unpaired) electrons. The summed E-state index contributed by atoms with van der Waals surface area (Å²) in [7, 11) is 0. The van der Waals surface area contributed by atoms with Crippen molar-refractivity contribution in [1.29, 1.82) is 0 Å². The third-order valence-electron chi connectivity index (χ3n) is 3.50. The van der Waals surface area contributed by atoms with Crippen LogP contribution in [0.3, 0.4) is 0 Å². The molecular formula is C18H19ClFNO2. The highest BCUT2D eigenvalue weighted by molar-refractivity contribution is 6.32. The van der Waals surface area contributed by atoms with Gasteiger partial charge in [-0.2, -0.15) is 0 Å². The average molecular weight is 336 g/mol. The Hall–Kier alpha value is -2.07. The van der Waals surface area contributed by atoms with Crippen LogP contribution in [0.2, 0.25) is 5.02 Å². The van der Waals surface area contributed by atoms with Crippen molar-refractivity contribution < 1.29 is 13.9 Å². The lowest BCUT2D eigenvalue weighted by Gasteiger charge is -2.21. The van der Waals surface area contributed by atoms with Gasteiger partial charge < -0.3 is 10.1 Å². The van der Waals surface area contributed by atoms with E-state index in [1.807, 2.05) is 13.8 Å². The second-order valence-corrected chi connectivity index (χ2v) is 5.63. The fourth-order valence-corrected chi connectivity index (χ4v) is 2.34. The van der Waals surface area contributed by atoms with E-state index in [1.165, 1.54) is 12.1 Å². The summed E-state index contributed by atoms with van der Waals surface area (Å²) in [6.45, 7) is 3.71. The van der Waals surface area contributed by atoms with Crippen molar-refractivity contribution in [2.24, 2.45) is 0 Å². The van der Waals surface area contributed by atoms with Gasteiger partial charge in [0.1, 0.15) is 11.6 Å². The molecule has 0 aliphatic heterocycles. The van der Waals surface area contributed by atoms with E-state index in [4.69, 9.17) is 16.3 Å². The van der Waals surface area contributed by atoms with Crippen LogP contribution in [0.1, 0.15) is 31.9 Å². The smallest absolute Gasteiger partial charge is 0.261 e. The number of carbonyl (C=O) groups excluding carboxylic acids is 1. The van der Waals surface area contributed by atoms with Gasteiger partial charge in [-0.15, -0.1) is 0 Å². The summed E-state index contributed by atoms with van der Waals surface area (Å²) < 4.78 is 18.7. The Bertz CT molecular complexity index is 660. The average Bonchev–Trinajstić information content (AvgIpc) is 2.54. The number of ether oxygens (including phenoxy) is 1. The highest BCUT2D eigenvalue weighted by Crippen LogP contribution is 2.25. The topological polar surface area (TPSA) is 38.3 Å². The predicted molar refractivity (Wildman–Crippen MR) is 89.1 cm³/mol. The maximum atomic E-state index is 13.0. The molecule has 0 aromatic heterocycles. The summed E-state index contributed by atoms with van der Waals surface area (Å²) in [5, 5.41) is 3.34. The molecule has 2 aromatic carbocycles. The summed E-state index contributed by atoms with van der Waals surface area (Å²) in [5.74, 6) is -0.0596. The summed E-state index contributed by atoms with van der Waals surface area (Å²) in [5.41, 5.74) is 0.826. The number of para-hydroxylation sites is 1. The number of carbonyl (C=O) groups is 1. The molecule has 0 unspecified atom stereocenters. The fourth-order valence-electron chi connectivity index (χ4n) is 2.16. The number of amides is 1. The van der Waals surface area contributed by atoms with Crippen LogP contribution in [0.4, 0.5) is 4.39 Å². The largest absolute Gasteiger partial charge is 0.479 e. The molecule has 2 atom stereocenters. The van der Waals surface area contributed by atoms with Crippen LogP contribution in [-0.4, -0.2) is 12.0 Å². The number of nitrogens with one attached hydrogen (secondary N) is 1. The SMILES string of the molecule is CC[C@@H](Oc1ccccc1Cl)C(=O)N[C@@H](C)c1ccc(F)cc1. The molecule has 23 heavy (non-hydrogen) atoms. The van der Waals surface area contributed by atoms with Gasteiger partial charge in [-0.05, 0) is 43.2 Å². The van der Waals surface area contributed by atoms with Crippen LogP contribution in [0, 0.1) is 5.82 Å². The molecule has 2 rings (SSSR count). The number of halogens is 2. The lowest BCUT2D eigenvalue weighted by atomic mass is 10.1. The normalized spacial score (nSPS) is 13.2. The minimum atomic E-state index is -0.641. The Labute approximate surface area is 140 Å². The second kappa shape index (κ2) is 7.97. The first kappa shape index (κ1) is 17.3. The van der Waals surface area contributed by atoms with Crippen molar-refractivity contribution in [1.82, 2.24) is 5.32 Å². The highest BCUT2D eigenvalue weighted by Gasteiger charge is 2.21. The van der Waals surface area contributed by atoms with E-state index < -0.39 is 6.10 Å². The van der Waals surface area contributed by atoms with E-state index in [2.05, 4.69) is 5.32 Å². The predicted octanol–water partition coefficient (Wildman–Crippen LogP) is 4.51. The fraction of sp³-hybridized carbons (Fsp3) is 0.278. The molecule has 0 saturated heterocycles. The highest BCUT2D eigenvalue weighted by atomic mass is 35.5. The van der Waals surface area contributed by atoms with Crippen molar-refractivity contribution in [3.05, 3.63) is 64.9 Å². The van der Waals surface area contributed by atoms with Crippen LogP contribution in [0.25, 0.3) is 0 Å². The maximum absolute atomic E-state index is 13.0. The molecule has 0 fully saturated rings. The number of rotatable bonds is 6. The van der Waals surface area contributed by atoms with Gasteiger partial charge in [0.25, 0.3) is 5.91 Å². The lowest BCUT2D eigenvalue weighted by Crippen LogP contribution is -2.39. The molecule has 5 heteroatoms. The molecule has 2 aromatic rings. The molecule has 0 spiro atoms. The van der Waals surface area contributed by atoms with E-state index in [0.717, 1.165) is 5.56 Å². The molecule has 1 amide bonds. The van der Waals surface area contributed by atoms with E-state index >= 15 is 0 Å². The summed E-state index contributed by atoms with van der Waals surface area (Å²) in [6, 6.07) is 12.8. The van der Waals surface area contributed by atoms with E-state index in [1.54, 1.807) is 36.4 Å². The molecule has 3 nitrogen and oxygen atoms in total.